The average molecular weight is 367 g/mol. The number of carbonyl (C=O) groups is 1. The summed E-state index contributed by atoms with van der Waals surface area (Å²) in [6.45, 7) is 2.57. The summed E-state index contributed by atoms with van der Waals surface area (Å²) < 4.78 is 13.2. The Morgan fingerprint density at radius 3 is 2.77 bits per heavy atom. The second kappa shape index (κ2) is 6.96. The lowest BCUT2D eigenvalue weighted by Crippen LogP contribution is -2.30. The van der Waals surface area contributed by atoms with Crippen LogP contribution in [0.5, 0.6) is 0 Å². The van der Waals surface area contributed by atoms with E-state index < -0.39 is 0 Å². The highest BCUT2D eigenvalue weighted by Crippen LogP contribution is 2.35. The molecule has 0 saturated carbocycles. The van der Waals surface area contributed by atoms with E-state index in [1.54, 1.807) is 18.3 Å². The van der Waals surface area contributed by atoms with Crippen LogP contribution in [0.25, 0.3) is 10.7 Å². The quantitative estimate of drug-likeness (QED) is 0.678. The SMILES string of the molecule is Cc1nc(-c2ccccn2)sc1C(=O)N1CCC[C@H]1c1ccc(F)cc1. The van der Waals surface area contributed by atoms with Crippen molar-refractivity contribution in [2.75, 3.05) is 6.54 Å². The molecule has 1 saturated heterocycles. The van der Waals surface area contributed by atoms with Gasteiger partial charge in [0.15, 0.2) is 0 Å². The predicted molar refractivity (Wildman–Crippen MR) is 99.5 cm³/mol. The second-order valence-electron chi connectivity index (χ2n) is 6.36. The van der Waals surface area contributed by atoms with E-state index in [4.69, 9.17) is 0 Å². The Morgan fingerprint density at radius 2 is 2.04 bits per heavy atom. The number of hydrogen-bond acceptors (Lipinski definition) is 4. The van der Waals surface area contributed by atoms with Crippen LogP contribution in [0.2, 0.25) is 0 Å². The van der Waals surface area contributed by atoms with E-state index in [2.05, 4.69) is 9.97 Å². The lowest BCUT2D eigenvalue weighted by molar-refractivity contribution is 0.0739. The molecule has 1 aromatic carbocycles. The smallest absolute Gasteiger partial charge is 0.266 e. The highest BCUT2D eigenvalue weighted by atomic mass is 32.1. The summed E-state index contributed by atoms with van der Waals surface area (Å²) >= 11 is 1.38. The van der Waals surface area contributed by atoms with Crippen molar-refractivity contribution in [3.05, 3.63) is 70.6 Å². The van der Waals surface area contributed by atoms with Gasteiger partial charge in [0.05, 0.1) is 17.4 Å². The lowest BCUT2D eigenvalue weighted by atomic mass is 10.0. The predicted octanol–water partition coefficient (Wildman–Crippen LogP) is 4.63. The second-order valence-corrected chi connectivity index (χ2v) is 7.36. The van der Waals surface area contributed by atoms with Gasteiger partial charge >= 0.3 is 0 Å². The van der Waals surface area contributed by atoms with E-state index in [-0.39, 0.29) is 17.8 Å². The number of thiazole rings is 1. The zero-order valence-corrected chi connectivity index (χ0v) is 15.2. The van der Waals surface area contributed by atoms with Crippen LogP contribution in [0.15, 0.2) is 48.7 Å². The number of amides is 1. The summed E-state index contributed by atoms with van der Waals surface area (Å²) in [6.07, 6.45) is 3.56. The fraction of sp³-hybridized carbons (Fsp3) is 0.250. The van der Waals surface area contributed by atoms with Gasteiger partial charge in [-0.2, -0.15) is 0 Å². The first-order valence-corrected chi connectivity index (χ1v) is 9.40. The van der Waals surface area contributed by atoms with E-state index >= 15 is 0 Å². The van der Waals surface area contributed by atoms with E-state index in [1.165, 1.54) is 23.5 Å². The molecule has 1 aliphatic rings. The standard InChI is InChI=1S/C20H18FN3OS/c1-13-18(26-19(23-13)16-5-2-3-11-22-16)20(25)24-12-4-6-17(24)14-7-9-15(21)10-8-14/h2-3,5,7-11,17H,4,6,12H2,1H3/t17-/m0/s1. The largest absolute Gasteiger partial charge is 0.331 e. The maximum absolute atomic E-state index is 13.2. The van der Waals surface area contributed by atoms with E-state index in [1.807, 2.05) is 30.0 Å². The minimum atomic E-state index is -0.261. The van der Waals surface area contributed by atoms with Crippen molar-refractivity contribution < 1.29 is 9.18 Å². The van der Waals surface area contributed by atoms with Crippen molar-refractivity contribution in [3.8, 4) is 10.7 Å². The summed E-state index contributed by atoms with van der Waals surface area (Å²) in [7, 11) is 0. The first-order valence-electron chi connectivity index (χ1n) is 8.59. The molecule has 0 aliphatic carbocycles. The molecule has 4 nitrogen and oxygen atoms in total. The van der Waals surface area contributed by atoms with Crippen LogP contribution in [0.3, 0.4) is 0 Å². The number of likely N-dealkylation sites (tertiary alicyclic amines) is 1. The van der Waals surface area contributed by atoms with Gasteiger partial charge in [-0.15, -0.1) is 11.3 Å². The Morgan fingerprint density at radius 1 is 1.23 bits per heavy atom. The number of aryl methyl sites for hydroxylation is 1. The minimum Gasteiger partial charge on any atom is -0.331 e. The third-order valence-electron chi connectivity index (χ3n) is 4.64. The number of halogens is 1. The molecule has 6 heteroatoms. The number of benzene rings is 1. The van der Waals surface area contributed by atoms with Gasteiger partial charge < -0.3 is 4.90 Å². The van der Waals surface area contributed by atoms with Gasteiger partial charge in [0, 0.05) is 12.7 Å². The molecule has 132 valence electrons. The Kier molecular flexibility index (Phi) is 4.51. The molecule has 0 N–H and O–H groups in total. The van der Waals surface area contributed by atoms with Crippen LogP contribution in [-0.2, 0) is 0 Å². The van der Waals surface area contributed by atoms with Gasteiger partial charge in [-0.25, -0.2) is 9.37 Å². The van der Waals surface area contributed by atoms with Crippen molar-refractivity contribution in [2.45, 2.75) is 25.8 Å². The maximum atomic E-state index is 13.2. The molecule has 3 aromatic rings. The number of pyridine rings is 1. The fourth-order valence-electron chi connectivity index (χ4n) is 3.37. The zero-order valence-electron chi connectivity index (χ0n) is 14.4. The van der Waals surface area contributed by atoms with Crippen LogP contribution < -0.4 is 0 Å². The van der Waals surface area contributed by atoms with Gasteiger partial charge in [0.1, 0.15) is 15.7 Å². The van der Waals surface area contributed by atoms with Crippen molar-refractivity contribution in [3.63, 3.8) is 0 Å². The van der Waals surface area contributed by atoms with Crippen molar-refractivity contribution in [1.82, 2.24) is 14.9 Å². The molecule has 26 heavy (non-hydrogen) atoms. The van der Waals surface area contributed by atoms with Crippen molar-refractivity contribution >= 4 is 17.2 Å². The van der Waals surface area contributed by atoms with Gasteiger partial charge in [-0.05, 0) is 49.6 Å². The first kappa shape index (κ1) is 16.8. The molecule has 1 fully saturated rings. The number of hydrogen-bond donors (Lipinski definition) is 0. The van der Waals surface area contributed by atoms with E-state index in [0.29, 0.717) is 11.4 Å². The summed E-state index contributed by atoms with van der Waals surface area (Å²) in [5.74, 6) is -0.267. The van der Waals surface area contributed by atoms with Gasteiger partial charge in [0.25, 0.3) is 5.91 Å². The van der Waals surface area contributed by atoms with E-state index in [0.717, 1.165) is 34.8 Å². The summed E-state index contributed by atoms with van der Waals surface area (Å²) in [6, 6.07) is 12.1. The molecule has 2 aromatic heterocycles. The number of rotatable bonds is 3. The van der Waals surface area contributed by atoms with Crippen molar-refractivity contribution in [2.24, 2.45) is 0 Å². The van der Waals surface area contributed by atoms with E-state index in [9.17, 15) is 9.18 Å². The Labute approximate surface area is 155 Å². The van der Waals surface area contributed by atoms with Crippen LogP contribution in [0, 0.1) is 12.7 Å². The summed E-state index contributed by atoms with van der Waals surface area (Å²) in [5, 5.41) is 0.754. The average Bonchev–Trinajstić information content (AvgIpc) is 3.29. The van der Waals surface area contributed by atoms with Crippen LogP contribution in [0.1, 0.15) is 39.8 Å². The van der Waals surface area contributed by atoms with Gasteiger partial charge in [0.2, 0.25) is 0 Å². The summed E-state index contributed by atoms with van der Waals surface area (Å²) in [5.41, 5.74) is 2.48. The van der Waals surface area contributed by atoms with Crippen LogP contribution in [-0.4, -0.2) is 27.3 Å². The number of nitrogens with zero attached hydrogens (tertiary/aromatic N) is 3. The minimum absolute atomic E-state index is 0.00555. The molecule has 0 radical (unpaired) electrons. The number of aromatic nitrogens is 2. The zero-order chi connectivity index (χ0) is 18.1. The molecular formula is C20H18FN3OS. The molecule has 0 bridgehead atoms. The maximum Gasteiger partial charge on any atom is 0.266 e. The first-order chi connectivity index (χ1) is 12.6. The molecule has 4 rings (SSSR count). The Bertz CT molecular complexity index is 924. The lowest BCUT2D eigenvalue weighted by Gasteiger charge is -2.24. The topological polar surface area (TPSA) is 46.1 Å². The molecule has 1 amide bonds. The molecule has 0 unspecified atom stereocenters. The Balaban J connectivity index is 1.63. The molecule has 1 aliphatic heterocycles. The fourth-order valence-corrected chi connectivity index (χ4v) is 4.36. The van der Waals surface area contributed by atoms with Crippen molar-refractivity contribution in [1.29, 1.82) is 0 Å². The molecule has 1 atom stereocenters. The number of carbonyl (C=O) groups excluding carboxylic acids is 1. The molecule has 3 heterocycles. The molecule has 0 spiro atoms. The Hall–Kier alpha value is -2.60. The monoisotopic (exact) mass is 367 g/mol. The molecular weight excluding hydrogens is 349 g/mol. The highest BCUT2D eigenvalue weighted by Gasteiger charge is 2.32. The summed E-state index contributed by atoms with van der Waals surface area (Å²) in [4.78, 5) is 24.6. The van der Waals surface area contributed by atoms with Gasteiger partial charge in [-0.3, -0.25) is 9.78 Å². The van der Waals surface area contributed by atoms with Crippen LogP contribution >= 0.6 is 11.3 Å². The third kappa shape index (κ3) is 3.12. The van der Waals surface area contributed by atoms with Gasteiger partial charge in [-0.1, -0.05) is 18.2 Å². The highest BCUT2D eigenvalue weighted by molar-refractivity contribution is 7.17. The third-order valence-corrected chi connectivity index (χ3v) is 5.81. The van der Waals surface area contributed by atoms with Crippen LogP contribution in [0.4, 0.5) is 4.39 Å². The normalized spacial score (nSPS) is 16.8.